The van der Waals surface area contributed by atoms with Gasteiger partial charge in [-0.2, -0.15) is 0 Å². The maximum Gasteiger partial charge on any atom is 0.227 e. The van der Waals surface area contributed by atoms with Crippen molar-refractivity contribution in [2.24, 2.45) is 0 Å². The first-order chi connectivity index (χ1) is 17.0. The van der Waals surface area contributed by atoms with Crippen LogP contribution in [-0.2, 0) is 17.8 Å². The Hall–Kier alpha value is -3.71. The Morgan fingerprint density at radius 2 is 1.91 bits per heavy atom. The minimum Gasteiger partial charge on any atom is -0.491 e. The molecule has 0 bridgehead atoms. The molecule has 5 rings (SSSR count). The number of imidazole rings is 1. The average Bonchev–Trinajstić information content (AvgIpc) is 3.43. The number of aromatic nitrogens is 2. The van der Waals surface area contributed by atoms with E-state index in [2.05, 4.69) is 6.92 Å². The second-order valence-corrected chi connectivity index (χ2v) is 8.92. The monoisotopic (exact) mass is 473 g/mol. The molecule has 2 atom stereocenters. The van der Waals surface area contributed by atoms with Gasteiger partial charge in [0.15, 0.2) is 0 Å². The molecule has 6 nitrogen and oxygen atoms in total. The molecule has 4 aromatic rings. The van der Waals surface area contributed by atoms with Gasteiger partial charge < -0.3 is 19.3 Å². The third-order valence-electron chi connectivity index (χ3n) is 6.46. The van der Waals surface area contributed by atoms with Gasteiger partial charge >= 0.3 is 0 Å². The number of hydrogen-bond acceptors (Lipinski definition) is 4. The van der Waals surface area contributed by atoms with E-state index in [-0.39, 0.29) is 37.2 Å². The molecule has 1 aromatic heterocycles. The number of halogens is 1. The normalized spacial score (nSPS) is 16.7. The van der Waals surface area contributed by atoms with Gasteiger partial charge in [-0.3, -0.25) is 4.79 Å². The summed E-state index contributed by atoms with van der Waals surface area (Å²) >= 11 is 0. The topological polar surface area (TPSA) is 67.6 Å². The van der Waals surface area contributed by atoms with Crippen LogP contribution in [0.2, 0.25) is 0 Å². The third kappa shape index (κ3) is 4.91. The molecule has 0 spiro atoms. The molecule has 3 aromatic carbocycles. The van der Waals surface area contributed by atoms with E-state index in [1.807, 2.05) is 53.1 Å². The number of amides is 1. The van der Waals surface area contributed by atoms with Gasteiger partial charge in [0.25, 0.3) is 0 Å². The molecule has 1 fully saturated rings. The van der Waals surface area contributed by atoms with Crippen molar-refractivity contribution in [3.05, 3.63) is 90.0 Å². The molecular weight excluding hydrogens is 445 g/mol. The number of ether oxygens (including phenoxy) is 1. The highest BCUT2D eigenvalue weighted by Crippen LogP contribution is 2.33. The first-order valence-electron chi connectivity index (χ1n) is 11.9. The molecule has 0 radical (unpaired) electrons. The van der Waals surface area contributed by atoms with E-state index in [4.69, 9.17) is 9.72 Å². The van der Waals surface area contributed by atoms with E-state index >= 15 is 0 Å². The highest BCUT2D eigenvalue weighted by atomic mass is 19.1. The predicted octanol–water partition coefficient (Wildman–Crippen LogP) is 4.70. The molecule has 1 aliphatic rings. The van der Waals surface area contributed by atoms with Crippen molar-refractivity contribution in [2.45, 2.75) is 38.3 Å². The fourth-order valence-electron chi connectivity index (χ4n) is 4.65. The van der Waals surface area contributed by atoms with Crippen LogP contribution in [0.1, 0.15) is 30.7 Å². The van der Waals surface area contributed by atoms with Crippen molar-refractivity contribution in [3.63, 3.8) is 0 Å². The standard InChI is InChI=1S/C28H28FN3O3/c1-2-19-10-12-24(13-11-19)35-18-23(33)17-32-26-9-4-3-8-25(26)30-28(32)20-14-27(34)31(16-20)22-7-5-6-21(29)15-22/h3-13,15,20,23,33H,2,14,16-18H2,1H3/t20-,23-/m1/s1. The summed E-state index contributed by atoms with van der Waals surface area (Å²) in [4.78, 5) is 19.3. The van der Waals surface area contributed by atoms with Crippen molar-refractivity contribution in [2.75, 3.05) is 18.1 Å². The van der Waals surface area contributed by atoms with Crippen LogP contribution in [0.3, 0.4) is 0 Å². The minimum absolute atomic E-state index is 0.0707. The summed E-state index contributed by atoms with van der Waals surface area (Å²) in [5.74, 6) is 0.832. The number of rotatable bonds is 8. The van der Waals surface area contributed by atoms with Crippen LogP contribution in [0.4, 0.5) is 10.1 Å². The van der Waals surface area contributed by atoms with E-state index in [0.29, 0.717) is 18.0 Å². The zero-order valence-electron chi connectivity index (χ0n) is 19.6. The smallest absolute Gasteiger partial charge is 0.227 e. The number of para-hydroxylation sites is 2. The highest BCUT2D eigenvalue weighted by molar-refractivity contribution is 5.96. The molecule has 0 unspecified atom stereocenters. The molecule has 2 heterocycles. The van der Waals surface area contributed by atoms with Crippen LogP contribution in [0.5, 0.6) is 5.75 Å². The first-order valence-corrected chi connectivity index (χ1v) is 11.9. The van der Waals surface area contributed by atoms with Crippen molar-refractivity contribution >= 4 is 22.6 Å². The fourth-order valence-corrected chi connectivity index (χ4v) is 4.65. The molecule has 7 heteroatoms. The molecule has 180 valence electrons. The van der Waals surface area contributed by atoms with E-state index < -0.39 is 6.10 Å². The lowest BCUT2D eigenvalue weighted by Crippen LogP contribution is -2.26. The van der Waals surface area contributed by atoms with Gasteiger partial charge in [0.2, 0.25) is 5.91 Å². The number of aliphatic hydroxyl groups is 1. The van der Waals surface area contributed by atoms with E-state index in [0.717, 1.165) is 23.3 Å². The summed E-state index contributed by atoms with van der Waals surface area (Å²) < 4.78 is 21.6. The SMILES string of the molecule is CCc1ccc(OC[C@H](O)Cn2c([C@@H]3CC(=O)N(c4cccc(F)c4)C3)nc3ccccc32)cc1. The van der Waals surface area contributed by atoms with Crippen LogP contribution in [0, 0.1) is 5.82 Å². The number of benzene rings is 3. The summed E-state index contributed by atoms with van der Waals surface area (Å²) in [6, 6.07) is 21.7. The Kier molecular flexibility index (Phi) is 6.51. The average molecular weight is 474 g/mol. The number of carbonyl (C=O) groups excluding carboxylic acids is 1. The van der Waals surface area contributed by atoms with Crippen LogP contribution in [-0.4, -0.2) is 39.8 Å². The Bertz CT molecular complexity index is 1340. The number of carbonyl (C=O) groups is 1. The van der Waals surface area contributed by atoms with Gasteiger partial charge in [-0.1, -0.05) is 37.3 Å². The number of aryl methyl sites for hydroxylation is 1. The van der Waals surface area contributed by atoms with Gasteiger partial charge in [-0.05, 0) is 54.4 Å². The van der Waals surface area contributed by atoms with Crippen LogP contribution < -0.4 is 9.64 Å². The quantitative estimate of drug-likeness (QED) is 0.403. The van der Waals surface area contributed by atoms with E-state index in [9.17, 15) is 14.3 Å². The number of aliphatic hydroxyl groups excluding tert-OH is 1. The van der Waals surface area contributed by atoms with Gasteiger partial charge in [-0.25, -0.2) is 9.37 Å². The maximum absolute atomic E-state index is 13.8. The van der Waals surface area contributed by atoms with Crippen molar-refractivity contribution < 1.29 is 19.0 Å². The number of hydrogen-bond donors (Lipinski definition) is 1. The van der Waals surface area contributed by atoms with E-state index in [1.54, 1.807) is 17.0 Å². The zero-order valence-corrected chi connectivity index (χ0v) is 19.6. The molecule has 0 saturated carbocycles. The van der Waals surface area contributed by atoms with Gasteiger partial charge in [0, 0.05) is 24.6 Å². The largest absolute Gasteiger partial charge is 0.491 e. The molecule has 0 aliphatic carbocycles. The summed E-state index contributed by atoms with van der Waals surface area (Å²) in [5.41, 5.74) is 3.47. The van der Waals surface area contributed by atoms with Crippen LogP contribution >= 0.6 is 0 Å². The second-order valence-electron chi connectivity index (χ2n) is 8.92. The number of anilines is 1. The molecule has 35 heavy (non-hydrogen) atoms. The summed E-state index contributed by atoms with van der Waals surface area (Å²) in [6.45, 7) is 2.92. The Labute approximate surface area is 203 Å². The second kappa shape index (κ2) is 9.88. The summed E-state index contributed by atoms with van der Waals surface area (Å²) in [7, 11) is 0. The maximum atomic E-state index is 13.8. The summed E-state index contributed by atoms with van der Waals surface area (Å²) in [6.07, 6.45) is 0.462. The van der Waals surface area contributed by atoms with Gasteiger partial charge in [0.1, 0.15) is 30.1 Å². The molecule has 1 amide bonds. The fraction of sp³-hybridized carbons (Fsp3) is 0.286. The van der Waals surface area contributed by atoms with Gasteiger partial charge in [-0.15, -0.1) is 0 Å². The van der Waals surface area contributed by atoms with E-state index in [1.165, 1.54) is 17.7 Å². The lowest BCUT2D eigenvalue weighted by molar-refractivity contribution is -0.117. The Balaban J connectivity index is 1.36. The lowest BCUT2D eigenvalue weighted by atomic mass is 10.1. The molecule has 1 aliphatic heterocycles. The van der Waals surface area contributed by atoms with Crippen molar-refractivity contribution in [1.82, 2.24) is 9.55 Å². The number of fused-ring (bicyclic) bond motifs is 1. The predicted molar refractivity (Wildman–Crippen MR) is 133 cm³/mol. The molecule has 1 saturated heterocycles. The minimum atomic E-state index is -0.770. The third-order valence-corrected chi connectivity index (χ3v) is 6.46. The Morgan fingerprint density at radius 1 is 1.11 bits per heavy atom. The highest BCUT2D eigenvalue weighted by Gasteiger charge is 2.35. The first kappa shape index (κ1) is 23.1. The van der Waals surface area contributed by atoms with Crippen LogP contribution in [0.25, 0.3) is 11.0 Å². The van der Waals surface area contributed by atoms with Crippen LogP contribution in [0.15, 0.2) is 72.8 Å². The molecular formula is C28H28FN3O3. The lowest BCUT2D eigenvalue weighted by Gasteiger charge is -2.19. The Morgan fingerprint density at radius 3 is 2.69 bits per heavy atom. The van der Waals surface area contributed by atoms with Crippen molar-refractivity contribution in [3.8, 4) is 5.75 Å². The van der Waals surface area contributed by atoms with Crippen molar-refractivity contribution in [1.29, 1.82) is 0 Å². The molecule has 1 N–H and O–H groups in total. The number of nitrogens with zero attached hydrogens (tertiary/aromatic N) is 3. The zero-order chi connectivity index (χ0) is 24.4. The van der Waals surface area contributed by atoms with Gasteiger partial charge in [0.05, 0.1) is 17.6 Å². The summed E-state index contributed by atoms with van der Waals surface area (Å²) in [5, 5.41) is 10.8.